The number of halogens is 1. The van der Waals surface area contributed by atoms with Gasteiger partial charge in [0.05, 0.1) is 17.5 Å². The van der Waals surface area contributed by atoms with E-state index in [0.29, 0.717) is 40.0 Å². The molecule has 0 spiro atoms. The summed E-state index contributed by atoms with van der Waals surface area (Å²) in [6.45, 7) is 4.65. The monoisotopic (exact) mass is 372 g/mol. The summed E-state index contributed by atoms with van der Waals surface area (Å²) in [6.07, 6.45) is 1.68. The molecule has 0 aliphatic rings. The zero-order valence-corrected chi connectivity index (χ0v) is 15.1. The molecule has 0 amide bonds. The summed E-state index contributed by atoms with van der Waals surface area (Å²) in [4.78, 5) is 17.3. The van der Waals surface area contributed by atoms with Gasteiger partial charge in [-0.15, -0.1) is 6.58 Å². The third-order valence-electron chi connectivity index (χ3n) is 3.52. The van der Waals surface area contributed by atoms with Gasteiger partial charge in [0.1, 0.15) is 5.75 Å². The van der Waals surface area contributed by atoms with Gasteiger partial charge < -0.3 is 4.74 Å². The number of aromatic nitrogens is 2. The van der Waals surface area contributed by atoms with Gasteiger partial charge in [0.2, 0.25) is 0 Å². The van der Waals surface area contributed by atoms with Crippen LogP contribution in [0.2, 0.25) is 5.02 Å². The second-order valence-electron chi connectivity index (χ2n) is 5.27. The summed E-state index contributed by atoms with van der Waals surface area (Å²) in [7, 11) is 0. The fourth-order valence-corrected chi connectivity index (χ4v) is 3.38. The van der Waals surface area contributed by atoms with E-state index in [9.17, 15) is 4.79 Å². The van der Waals surface area contributed by atoms with E-state index in [1.54, 1.807) is 28.8 Å². The molecule has 0 aliphatic carbocycles. The van der Waals surface area contributed by atoms with E-state index < -0.39 is 0 Å². The minimum atomic E-state index is -0.112. The highest BCUT2D eigenvalue weighted by Crippen LogP contribution is 2.20. The molecule has 128 valence electrons. The first-order chi connectivity index (χ1) is 12.2. The number of ether oxygens (including phenoxy) is 1. The zero-order chi connectivity index (χ0) is 17.6. The lowest BCUT2D eigenvalue weighted by molar-refractivity contribution is 0.344. The predicted molar refractivity (Wildman–Crippen MR) is 104 cm³/mol. The van der Waals surface area contributed by atoms with Crippen molar-refractivity contribution in [3.63, 3.8) is 0 Å². The molecule has 3 rings (SSSR count). The van der Waals surface area contributed by atoms with Crippen LogP contribution in [0.3, 0.4) is 0 Å². The molecule has 1 heterocycles. The molecule has 2 aromatic carbocycles. The molecule has 1 aromatic heterocycles. The Hall–Kier alpha value is -2.24. The number of allylic oxidation sites excluding steroid dienone is 1. The summed E-state index contributed by atoms with van der Waals surface area (Å²) in [6, 6.07) is 14.8. The summed E-state index contributed by atoms with van der Waals surface area (Å²) in [5, 5.41) is 1.68. The van der Waals surface area contributed by atoms with E-state index in [2.05, 4.69) is 11.6 Å². The highest BCUT2D eigenvalue weighted by atomic mass is 35.5. The Bertz CT molecular complexity index is 941. The molecule has 0 bridgehead atoms. The molecule has 3 aromatic rings. The van der Waals surface area contributed by atoms with Crippen LogP contribution < -0.4 is 10.3 Å². The highest BCUT2D eigenvalue weighted by Gasteiger charge is 2.11. The maximum absolute atomic E-state index is 12.7. The van der Waals surface area contributed by atoms with Crippen molar-refractivity contribution in [2.24, 2.45) is 0 Å². The first kappa shape index (κ1) is 17.6. The molecule has 25 heavy (non-hydrogen) atoms. The first-order valence-corrected chi connectivity index (χ1v) is 9.17. The molecule has 0 fully saturated rings. The lowest BCUT2D eigenvalue weighted by atomic mass is 10.2. The minimum Gasteiger partial charge on any atom is -0.493 e. The Morgan fingerprint density at radius 3 is 2.80 bits per heavy atom. The van der Waals surface area contributed by atoms with Crippen molar-refractivity contribution in [1.82, 2.24) is 9.55 Å². The van der Waals surface area contributed by atoms with E-state index >= 15 is 0 Å². The summed E-state index contributed by atoms with van der Waals surface area (Å²) < 4.78 is 7.30. The lowest BCUT2D eigenvalue weighted by Gasteiger charge is -2.12. The van der Waals surface area contributed by atoms with Crippen molar-refractivity contribution >= 4 is 34.3 Å². The van der Waals surface area contributed by atoms with Crippen LogP contribution in [-0.4, -0.2) is 21.9 Å². The van der Waals surface area contributed by atoms with Gasteiger partial charge in [0.25, 0.3) is 5.56 Å². The van der Waals surface area contributed by atoms with Crippen molar-refractivity contribution in [2.75, 3.05) is 12.4 Å². The van der Waals surface area contributed by atoms with Crippen molar-refractivity contribution < 1.29 is 4.74 Å². The molecule has 0 radical (unpaired) electrons. The van der Waals surface area contributed by atoms with Gasteiger partial charge in [-0.2, -0.15) is 0 Å². The largest absolute Gasteiger partial charge is 0.493 e. The number of benzene rings is 2. The second-order valence-corrected chi connectivity index (χ2v) is 6.77. The molecule has 0 atom stereocenters. The number of hydrogen-bond donors (Lipinski definition) is 0. The summed E-state index contributed by atoms with van der Waals surface area (Å²) in [5.74, 6) is 1.50. The van der Waals surface area contributed by atoms with Crippen LogP contribution in [0.15, 0.2) is 71.1 Å². The first-order valence-electron chi connectivity index (χ1n) is 7.80. The van der Waals surface area contributed by atoms with Crippen molar-refractivity contribution in [2.45, 2.75) is 11.7 Å². The van der Waals surface area contributed by atoms with Gasteiger partial charge in [-0.25, -0.2) is 4.98 Å². The predicted octanol–water partition coefficient (Wildman–Crippen LogP) is 4.41. The Morgan fingerprint density at radius 2 is 2.04 bits per heavy atom. The number of thioether (sulfide) groups is 1. The molecule has 0 unspecified atom stereocenters. The fraction of sp³-hybridized carbons (Fsp3) is 0.158. The van der Waals surface area contributed by atoms with Crippen molar-refractivity contribution in [3.05, 3.63) is 76.6 Å². The van der Waals surface area contributed by atoms with E-state index in [-0.39, 0.29) is 5.56 Å². The Labute approximate surface area is 155 Å². The molecule has 0 saturated carbocycles. The van der Waals surface area contributed by atoms with Crippen LogP contribution in [0.25, 0.3) is 10.9 Å². The van der Waals surface area contributed by atoms with Crippen LogP contribution in [0.5, 0.6) is 5.75 Å². The van der Waals surface area contributed by atoms with Gasteiger partial charge in [-0.05, 0) is 30.3 Å². The average molecular weight is 373 g/mol. The van der Waals surface area contributed by atoms with Gasteiger partial charge >= 0.3 is 0 Å². The lowest BCUT2D eigenvalue weighted by Crippen LogP contribution is -2.23. The second kappa shape index (κ2) is 8.23. The molecule has 0 saturated heterocycles. The van der Waals surface area contributed by atoms with E-state index in [1.807, 2.05) is 30.3 Å². The van der Waals surface area contributed by atoms with Crippen LogP contribution in [-0.2, 0) is 6.54 Å². The molecular weight excluding hydrogens is 356 g/mol. The zero-order valence-electron chi connectivity index (χ0n) is 13.5. The average Bonchev–Trinajstić information content (AvgIpc) is 2.63. The highest BCUT2D eigenvalue weighted by molar-refractivity contribution is 7.99. The van der Waals surface area contributed by atoms with Crippen LogP contribution in [0.4, 0.5) is 0 Å². The van der Waals surface area contributed by atoms with Crippen LogP contribution >= 0.6 is 23.4 Å². The van der Waals surface area contributed by atoms with E-state index in [1.165, 1.54) is 11.8 Å². The Morgan fingerprint density at radius 1 is 1.24 bits per heavy atom. The summed E-state index contributed by atoms with van der Waals surface area (Å²) in [5.41, 5.74) is 0.528. The number of rotatable bonds is 7. The standard InChI is InChI=1S/C19H17ClN2O2S/c1-2-10-22-18(23)16-13-14(20)8-9-17(16)21-19(22)25-12-11-24-15-6-4-3-5-7-15/h2-9,13H,1,10-12H2. The number of para-hydroxylation sites is 1. The molecule has 4 nitrogen and oxygen atoms in total. The van der Waals surface area contributed by atoms with E-state index in [0.717, 1.165) is 5.75 Å². The Balaban J connectivity index is 1.79. The van der Waals surface area contributed by atoms with Crippen molar-refractivity contribution in [3.8, 4) is 5.75 Å². The number of fused-ring (bicyclic) bond motifs is 1. The molecule has 6 heteroatoms. The summed E-state index contributed by atoms with van der Waals surface area (Å²) >= 11 is 7.49. The maximum atomic E-state index is 12.7. The fourth-order valence-electron chi connectivity index (χ4n) is 2.38. The van der Waals surface area contributed by atoms with Crippen molar-refractivity contribution in [1.29, 1.82) is 0 Å². The minimum absolute atomic E-state index is 0.112. The van der Waals surface area contributed by atoms with E-state index in [4.69, 9.17) is 16.3 Å². The third kappa shape index (κ3) is 4.24. The smallest absolute Gasteiger partial charge is 0.262 e. The normalized spacial score (nSPS) is 10.8. The third-order valence-corrected chi connectivity index (χ3v) is 4.70. The molecule has 0 N–H and O–H groups in total. The molecular formula is C19H17ClN2O2S. The maximum Gasteiger partial charge on any atom is 0.262 e. The van der Waals surface area contributed by atoms with Crippen LogP contribution in [0.1, 0.15) is 0 Å². The van der Waals surface area contributed by atoms with Gasteiger partial charge in [0, 0.05) is 17.3 Å². The SMILES string of the molecule is C=CCn1c(SCCOc2ccccc2)nc2ccc(Cl)cc2c1=O. The van der Waals surface area contributed by atoms with Gasteiger partial charge in [0.15, 0.2) is 5.16 Å². The number of nitrogens with zero attached hydrogens (tertiary/aromatic N) is 2. The van der Waals surface area contributed by atoms with Gasteiger partial charge in [-0.1, -0.05) is 47.6 Å². The molecule has 0 aliphatic heterocycles. The van der Waals surface area contributed by atoms with Crippen LogP contribution in [0, 0.1) is 0 Å². The number of hydrogen-bond acceptors (Lipinski definition) is 4. The Kier molecular flexibility index (Phi) is 5.79. The van der Waals surface area contributed by atoms with Gasteiger partial charge in [-0.3, -0.25) is 9.36 Å². The topological polar surface area (TPSA) is 44.1 Å². The quantitative estimate of drug-likeness (QED) is 0.267.